The minimum Gasteiger partial charge on any atom is -0.379 e. The Morgan fingerprint density at radius 3 is 2.46 bits per heavy atom. The molecule has 6 heteroatoms. The quantitative estimate of drug-likeness (QED) is 0.473. The Balaban J connectivity index is 1.76. The maximum Gasteiger partial charge on any atom is 0.155 e. The largest absolute Gasteiger partial charge is 0.379 e. The van der Waals surface area contributed by atoms with Crippen LogP contribution < -0.4 is 0 Å². The van der Waals surface area contributed by atoms with E-state index in [9.17, 15) is 0 Å². The summed E-state index contributed by atoms with van der Waals surface area (Å²) in [6.45, 7) is 6.56. The molecule has 0 saturated carbocycles. The fourth-order valence-electron chi connectivity index (χ4n) is 2.92. The molecule has 3 rings (SSSR count). The average Bonchev–Trinajstić information content (AvgIpc) is 3.09. The van der Waals surface area contributed by atoms with Crippen molar-refractivity contribution < 1.29 is 9.47 Å². The summed E-state index contributed by atoms with van der Waals surface area (Å²) in [4.78, 5) is 4.79. The van der Waals surface area contributed by atoms with Gasteiger partial charge in [-0.1, -0.05) is 35.9 Å². The van der Waals surface area contributed by atoms with Gasteiger partial charge in [0.2, 0.25) is 0 Å². The van der Waals surface area contributed by atoms with Crippen LogP contribution in [0.2, 0.25) is 5.02 Å². The van der Waals surface area contributed by atoms with Gasteiger partial charge in [-0.2, -0.15) is 5.10 Å². The number of benzene rings is 2. The van der Waals surface area contributed by atoms with Gasteiger partial charge in [0.25, 0.3) is 0 Å². The molecule has 0 aliphatic rings. The molecular weight excluding hydrogens is 374 g/mol. The second-order valence-corrected chi connectivity index (χ2v) is 6.93. The lowest BCUT2D eigenvalue weighted by molar-refractivity contribution is 0.0535. The van der Waals surface area contributed by atoms with E-state index < -0.39 is 0 Å². The maximum absolute atomic E-state index is 6.04. The van der Waals surface area contributed by atoms with Gasteiger partial charge in [-0.3, -0.25) is 0 Å². The van der Waals surface area contributed by atoms with Crippen LogP contribution in [-0.2, 0) is 22.3 Å². The molecule has 5 nitrogen and oxygen atoms in total. The highest BCUT2D eigenvalue weighted by Gasteiger charge is 2.13. The van der Waals surface area contributed by atoms with Crippen LogP contribution >= 0.6 is 11.6 Å². The van der Waals surface area contributed by atoms with Crippen LogP contribution in [0, 0.1) is 6.92 Å². The van der Waals surface area contributed by atoms with Crippen molar-refractivity contribution in [3.8, 4) is 5.69 Å². The molecule has 0 radical (unpaired) electrons. The monoisotopic (exact) mass is 399 g/mol. The van der Waals surface area contributed by atoms with Gasteiger partial charge in [0.05, 0.1) is 25.5 Å². The summed E-state index contributed by atoms with van der Waals surface area (Å²) in [6.07, 6.45) is 1.38. The number of nitrogens with zero attached hydrogens (tertiary/aromatic N) is 3. The second kappa shape index (κ2) is 10.4. The lowest BCUT2D eigenvalue weighted by Gasteiger charge is -2.07. The molecule has 0 fully saturated rings. The molecule has 28 heavy (non-hydrogen) atoms. The molecule has 0 bridgehead atoms. The molecule has 3 aromatic rings. The predicted octanol–water partition coefficient (Wildman–Crippen LogP) is 4.42. The van der Waals surface area contributed by atoms with Crippen molar-refractivity contribution in [2.45, 2.75) is 26.7 Å². The first-order valence-electron chi connectivity index (χ1n) is 9.58. The number of ether oxygens (including phenoxy) is 2. The van der Waals surface area contributed by atoms with Crippen molar-refractivity contribution in [1.82, 2.24) is 14.8 Å². The summed E-state index contributed by atoms with van der Waals surface area (Å²) in [7, 11) is 0. The van der Waals surface area contributed by atoms with Crippen molar-refractivity contribution in [2.24, 2.45) is 0 Å². The maximum atomic E-state index is 6.04. The van der Waals surface area contributed by atoms with E-state index in [1.54, 1.807) is 0 Å². The lowest BCUT2D eigenvalue weighted by atomic mass is 10.1. The van der Waals surface area contributed by atoms with Crippen molar-refractivity contribution >= 4 is 11.6 Å². The first kappa shape index (κ1) is 20.5. The van der Waals surface area contributed by atoms with Gasteiger partial charge in [-0.15, -0.1) is 0 Å². The molecule has 2 aromatic carbocycles. The number of halogens is 1. The first-order valence-corrected chi connectivity index (χ1v) is 9.96. The molecular formula is C22H26ClN3O2. The van der Waals surface area contributed by atoms with E-state index in [1.807, 2.05) is 48.0 Å². The summed E-state index contributed by atoms with van der Waals surface area (Å²) < 4.78 is 12.9. The third-order valence-electron chi connectivity index (χ3n) is 4.45. The van der Waals surface area contributed by atoms with E-state index in [1.165, 1.54) is 11.1 Å². The van der Waals surface area contributed by atoms with Gasteiger partial charge < -0.3 is 9.47 Å². The van der Waals surface area contributed by atoms with Crippen LogP contribution in [-0.4, -0.2) is 41.2 Å². The SMILES string of the molecule is CCOCCOCCc1nc(Cc2ccccc2C)nn1-c1ccc(Cl)cc1. The van der Waals surface area contributed by atoms with E-state index >= 15 is 0 Å². The molecule has 0 N–H and O–H groups in total. The molecule has 0 aliphatic carbocycles. The first-order chi connectivity index (χ1) is 13.7. The zero-order valence-corrected chi connectivity index (χ0v) is 17.2. The van der Waals surface area contributed by atoms with Crippen LogP contribution in [0.1, 0.15) is 29.7 Å². The summed E-state index contributed by atoms with van der Waals surface area (Å²) >= 11 is 6.04. The standard InChI is InChI=1S/C22H26ClN3O2/c1-3-27-14-15-28-13-12-22-24-21(16-18-7-5-4-6-17(18)2)25-26(22)20-10-8-19(23)9-11-20/h4-11H,3,12-16H2,1-2H3. The molecule has 0 saturated heterocycles. The van der Waals surface area contributed by atoms with Gasteiger partial charge in [0.15, 0.2) is 5.82 Å². The smallest absolute Gasteiger partial charge is 0.155 e. The van der Waals surface area contributed by atoms with E-state index in [0.717, 1.165) is 17.3 Å². The minimum absolute atomic E-state index is 0.573. The van der Waals surface area contributed by atoms with Gasteiger partial charge in [0.1, 0.15) is 5.82 Å². The Bertz CT molecular complexity index is 878. The minimum atomic E-state index is 0.573. The van der Waals surface area contributed by atoms with Gasteiger partial charge in [-0.05, 0) is 49.2 Å². The molecule has 1 heterocycles. The van der Waals surface area contributed by atoms with E-state index in [4.69, 9.17) is 31.2 Å². The summed E-state index contributed by atoms with van der Waals surface area (Å²) in [6, 6.07) is 16.0. The van der Waals surface area contributed by atoms with Crippen LogP contribution in [0.3, 0.4) is 0 Å². The van der Waals surface area contributed by atoms with Crippen molar-refractivity contribution in [3.05, 3.63) is 76.3 Å². The average molecular weight is 400 g/mol. The Morgan fingerprint density at radius 1 is 0.964 bits per heavy atom. The zero-order valence-electron chi connectivity index (χ0n) is 16.4. The van der Waals surface area contributed by atoms with Gasteiger partial charge in [0, 0.05) is 24.5 Å². The number of hydrogen-bond acceptors (Lipinski definition) is 4. The van der Waals surface area contributed by atoms with E-state index in [-0.39, 0.29) is 0 Å². The summed E-state index contributed by atoms with van der Waals surface area (Å²) in [5.41, 5.74) is 3.42. The molecule has 0 atom stereocenters. The van der Waals surface area contributed by atoms with Crippen molar-refractivity contribution in [1.29, 1.82) is 0 Å². The molecule has 0 amide bonds. The Kier molecular flexibility index (Phi) is 7.60. The molecule has 0 unspecified atom stereocenters. The number of hydrogen-bond donors (Lipinski definition) is 0. The van der Waals surface area contributed by atoms with Crippen molar-refractivity contribution in [2.75, 3.05) is 26.4 Å². The Hall–Kier alpha value is -2.21. The molecule has 0 spiro atoms. The highest BCUT2D eigenvalue weighted by atomic mass is 35.5. The fourth-order valence-corrected chi connectivity index (χ4v) is 3.05. The molecule has 1 aromatic heterocycles. The van der Waals surface area contributed by atoms with E-state index in [0.29, 0.717) is 44.3 Å². The fraction of sp³-hybridized carbons (Fsp3) is 0.364. The topological polar surface area (TPSA) is 49.2 Å². The number of rotatable bonds is 10. The third kappa shape index (κ3) is 5.64. The Morgan fingerprint density at radius 2 is 1.71 bits per heavy atom. The number of aryl methyl sites for hydroxylation is 1. The second-order valence-electron chi connectivity index (χ2n) is 6.50. The van der Waals surface area contributed by atoms with Gasteiger partial charge >= 0.3 is 0 Å². The molecule has 148 valence electrons. The highest BCUT2D eigenvalue weighted by Crippen LogP contribution is 2.17. The predicted molar refractivity (Wildman–Crippen MR) is 111 cm³/mol. The van der Waals surface area contributed by atoms with Gasteiger partial charge in [-0.25, -0.2) is 9.67 Å². The number of aromatic nitrogens is 3. The van der Waals surface area contributed by atoms with Crippen LogP contribution in [0.4, 0.5) is 0 Å². The normalized spacial score (nSPS) is 11.1. The summed E-state index contributed by atoms with van der Waals surface area (Å²) in [5, 5.41) is 5.46. The third-order valence-corrected chi connectivity index (χ3v) is 4.70. The molecule has 0 aliphatic heterocycles. The highest BCUT2D eigenvalue weighted by molar-refractivity contribution is 6.30. The lowest BCUT2D eigenvalue weighted by Crippen LogP contribution is -2.10. The van der Waals surface area contributed by atoms with Crippen molar-refractivity contribution in [3.63, 3.8) is 0 Å². The van der Waals surface area contributed by atoms with Crippen LogP contribution in [0.5, 0.6) is 0 Å². The van der Waals surface area contributed by atoms with E-state index in [2.05, 4.69) is 19.1 Å². The Labute approximate surface area is 171 Å². The van der Waals surface area contributed by atoms with Crippen LogP contribution in [0.15, 0.2) is 48.5 Å². The van der Waals surface area contributed by atoms with Crippen LogP contribution in [0.25, 0.3) is 5.69 Å². The zero-order chi connectivity index (χ0) is 19.8. The summed E-state index contributed by atoms with van der Waals surface area (Å²) in [5.74, 6) is 1.68.